The maximum Gasteiger partial charge on any atom is 0.328 e. The maximum absolute atomic E-state index is 11.6. The maximum atomic E-state index is 11.6. The van der Waals surface area contributed by atoms with Gasteiger partial charge in [0.15, 0.2) is 0 Å². The third kappa shape index (κ3) is 2.70. The van der Waals surface area contributed by atoms with E-state index in [0.29, 0.717) is 0 Å². The van der Waals surface area contributed by atoms with Gasteiger partial charge in [0.2, 0.25) is 0 Å². The van der Waals surface area contributed by atoms with E-state index >= 15 is 0 Å². The van der Waals surface area contributed by atoms with E-state index in [-0.39, 0.29) is 13.2 Å². The van der Waals surface area contributed by atoms with E-state index in [9.17, 15) is 9.59 Å². The minimum atomic E-state index is -1.63. The predicted molar refractivity (Wildman–Crippen MR) is 58.5 cm³/mol. The first kappa shape index (κ1) is 14.9. The smallest absolute Gasteiger partial charge is 0.328 e. The lowest BCUT2D eigenvalue weighted by molar-refractivity contribution is -0.162. The molecule has 0 aliphatic carbocycles. The van der Waals surface area contributed by atoms with Crippen molar-refractivity contribution in [2.75, 3.05) is 13.2 Å². The van der Waals surface area contributed by atoms with Crippen LogP contribution >= 0.6 is 0 Å². The molecule has 0 aromatic rings. The molecule has 0 spiro atoms. The zero-order valence-electron chi connectivity index (χ0n) is 10.2. The summed E-state index contributed by atoms with van der Waals surface area (Å²) in [6.07, 6.45) is 0. The van der Waals surface area contributed by atoms with Gasteiger partial charge in [-0.3, -0.25) is 0 Å². The van der Waals surface area contributed by atoms with Crippen LogP contribution in [0.15, 0.2) is 0 Å². The van der Waals surface area contributed by atoms with Gasteiger partial charge in [-0.2, -0.15) is 0 Å². The Morgan fingerprint density at radius 3 is 1.38 bits per heavy atom. The number of rotatable bonds is 5. The first-order valence-electron chi connectivity index (χ1n) is 5.14. The summed E-state index contributed by atoms with van der Waals surface area (Å²) in [6.45, 7) is 6.33. The summed E-state index contributed by atoms with van der Waals surface area (Å²) in [4.78, 5) is 23.2. The molecule has 0 heterocycles. The molecular weight excluding hydrogens is 212 g/mol. The van der Waals surface area contributed by atoms with Crippen LogP contribution in [0.1, 0.15) is 27.7 Å². The summed E-state index contributed by atoms with van der Waals surface area (Å²) in [5.74, 6) is -1.46. The molecule has 0 saturated carbocycles. The summed E-state index contributed by atoms with van der Waals surface area (Å²) in [7, 11) is 0. The number of hydrogen-bond donors (Lipinski definition) is 2. The van der Waals surface area contributed by atoms with Crippen molar-refractivity contribution < 1.29 is 19.1 Å². The molecule has 0 saturated heterocycles. The fraction of sp³-hybridized carbons (Fsp3) is 0.800. The van der Waals surface area contributed by atoms with Gasteiger partial charge in [-0.25, -0.2) is 9.59 Å². The van der Waals surface area contributed by atoms with Crippen molar-refractivity contribution in [3.63, 3.8) is 0 Å². The van der Waals surface area contributed by atoms with E-state index in [2.05, 4.69) is 0 Å². The molecule has 0 aliphatic rings. The number of carbonyl (C=O) groups excluding carboxylic acids is 2. The minimum Gasteiger partial charge on any atom is -0.465 e. The summed E-state index contributed by atoms with van der Waals surface area (Å²) < 4.78 is 9.54. The van der Waals surface area contributed by atoms with E-state index in [0.717, 1.165) is 0 Å². The Bertz CT molecular complexity index is 246. The first-order valence-corrected chi connectivity index (χ1v) is 5.14. The monoisotopic (exact) mass is 232 g/mol. The topological polar surface area (TPSA) is 105 Å². The van der Waals surface area contributed by atoms with Crippen LogP contribution in [-0.4, -0.2) is 36.2 Å². The van der Waals surface area contributed by atoms with E-state index in [1.807, 2.05) is 0 Å². The molecule has 16 heavy (non-hydrogen) atoms. The highest BCUT2D eigenvalue weighted by molar-refractivity contribution is 5.93. The second-order valence-electron chi connectivity index (χ2n) is 3.85. The SMILES string of the molecule is CCOC(=O)C(C)(N)C(C)(N)C(=O)OCC. The Hall–Kier alpha value is -1.14. The molecule has 94 valence electrons. The fourth-order valence-electron chi connectivity index (χ4n) is 0.986. The highest BCUT2D eigenvalue weighted by atomic mass is 16.5. The molecule has 0 aliphatic heterocycles. The Morgan fingerprint density at radius 1 is 0.938 bits per heavy atom. The molecule has 0 radical (unpaired) electrons. The van der Waals surface area contributed by atoms with E-state index in [4.69, 9.17) is 20.9 Å². The van der Waals surface area contributed by atoms with Gasteiger partial charge < -0.3 is 20.9 Å². The molecule has 0 aromatic carbocycles. The predicted octanol–water partition coefficient (Wildman–Crippen LogP) is -0.453. The largest absolute Gasteiger partial charge is 0.465 e. The van der Waals surface area contributed by atoms with Crippen LogP contribution in [-0.2, 0) is 19.1 Å². The van der Waals surface area contributed by atoms with Crippen LogP contribution < -0.4 is 11.5 Å². The van der Waals surface area contributed by atoms with Crippen molar-refractivity contribution in [3.8, 4) is 0 Å². The van der Waals surface area contributed by atoms with Crippen LogP contribution in [0.25, 0.3) is 0 Å². The van der Waals surface area contributed by atoms with Gasteiger partial charge >= 0.3 is 11.9 Å². The first-order chi connectivity index (χ1) is 7.21. The summed E-state index contributed by atoms with van der Waals surface area (Å²) in [5, 5.41) is 0. The Kier molecular flexibility index (Phi) is 4.89. The van der Waals surface area contributed by atoms with Crippen LogP contribution in [0, 0.1) is 0 Å². The molecule has 6 nitrogen and oxygen atoms in total. The number of ether oxygens (including phenoxy) is 2. The average Bonchev–Trinajstić information content (AvgIpc) is 2.18. The van der Waals surface area contributed by atoms with Crippen LogP contribution in [0.3, 0.4) is 0 Å². The van der Waals surface area contributed by atoms with Crippen molar-refractivity contribution in [1.29, 1.82) is 0 Å². The standard InChI is InChI=1S/C10H20N2O4/c1-5-15-7(13)9(3,11)10(4,12)8(14)16-6-2/h5-6,11-12H2,1-4H3. The summed E-state index contributed by atoms with van der Waals surface area (Å²) >= 11 is 0. The molecule has 0 bridgehead atoms. The molecular formula is C10H20N2O4. The lowest BCUT2D eigenvalue weighted by atomic mass is 9.81. The van der Waals surface area contributed by atoms with Crippen molar-refractivity contribution in [1.82, 2.24) is 0 Å². The molecule has 0 fully saturated rings. The highest BCUT2D eigenvalue weighted by Crippen LogP contribution is 2.20. The molecule has 6 heteroatoms. The second-order valence-corrected chi connectivity index (χ2v) is 3.85. The van der Waals surface area contributed by atoms with Gasteiger partial charge in [-0.15, -0.1) is 0 Å². The van der Waals surface area contributed by atoms with E-state index < -0.39 is 23.0 Å². The average molecular weight is 232 g/mol. The zero-order valence-corrected chi connectivity index (χ0v) is 10.2. The normalized spacial score (nSPS) is 18.1. The number of nitrogens with two attached hydrogens (primary N) is 2. The second kappa shape index (κ2) is 5.27. The summed E-state index contributed by atoms with van der Waals surface area (Å²) in [6, 6.07) is 0. The highest BCUT2D eigenvalue weighted by Gasteiger charge is 2.52. The summed E-state index contributed by atoms with van der Waals surface area (Å²) in [5.41, 5.74) is 8.25. The van der Waals surface area contributed by atoms with Crippen LogP contribution in [0.5, 0.6) is 0 Å². The third-order valence-corrected chi connectivity index (χ3v) is 2.48. The molecule has 2 unspecified atom stereocenters. The van der Waals surface area contributed by atoms with Gasteiger partial charge in [0.25, 0.3) is 0 Å². The van der Waals surface area contributed by atoms with E-state index in [1.165, 1.54) is 13.8 Å². The van der Waals surface area contributed by atoms with Gasteiger partial charge in [-0.05, 0) is 27.7 Å². The minimum absolute atomic E-state index is 0.171. The van der Waals surface area contributed by atoms with Crippen molar-refractivity contribution in [2.24, 2.45) is 11.5 Å². The van der Waals surface area contributed by atoms with E-state index in [1.54, 1.807) is 13.8 Å². The zero-order chi connectivity index (χ0) is 13.0. The lowest BCUT2D eigenvalue weighted by Crippen LogP contribution is -2.71. The molecule has 0 amide bonds. The van der Waals surface area contributed by atoms with Crippen molar-refractivity contribution >= 4 is 11.9 Å². The van der Waals surface area contributed by atoms with Crippen LogP contribution in [0.2, 0.25) is 0 Å². The van der Waals surface area contributed by atoms with Gasteiger partial charge in [-0.1, -0.05) is 0 Å². The Labute approximate surface area is 95.3 Å². The Balaban J connectivity index is 4.96. The van der Waals surface area contributed by atoms with Crippen molar-refractivity contribution in [2.45, 2.75) is 38.8 Å². The number of esters is 2. The third-order valence-electron chi connectivity index (χ3n) is 2.48. The molecule has 0 aromatic heterocycles. The quantitative estimate of drug-likeness (QED) is 0.622. The number of carbonyl (C=O) groups is 2. The fourth-order valence-corrected chi connectivity index (χ4v) is 0.986. The molecule has 0 rings (SSSR count). The van der Waals surface area contributed by atoms with Crippen LogP contribution in [0.4, 0.5) is 0 Å². The number of hydrogen-bond acceptors (Lipinski definition) is 6. The van der Waals surface area contributed by atoms with Gasteiger partial charge in [0.05, 0.1) is 13.2 Å². The molecule has 4 N–H and O–H groups in total. The molecule has 2 atom stereocenters. The lowest BCUT2D eigenvalue weighted by Gasteiger charge is -2.36. The Morgan fingerprint density at radius 2 is 1.19 bits per heavy atom. The van der Waals surface area contributed by atoms with Gasteiger partial charge in [0, 0.05) is 0 Å². The van der Waals surface area contributed by atoms with Crippen molar-refractivity contribution in [3.05, 3.63) is 0 Å². The van der Waals surface area contributed by atoms with Gasteiger partial charge in [0.1, 0.15) is 11.1 Å².